The van der Waals surface area contributed by atoms with Crippen molar-refractivity contribution in [3.8, 4) is 0 Å². The van der Waals surface area contributed by atoms with Gasteiger partial charge in [-0.3, -0.25) is 4.79 Å². The predicted octanol–water partition coefficient (Wildman–Crippen LogP) is 4.02. The number of hydrogen-bond donors (Lipinski definition) is 1. The largest absolute Gasteiger partial charge is 0.366 e. The fourth-order valence-corrected chi connectivity index (χ4v) is 2.11. The molecule has 0 aromatic heterocycles. The Kier molecular flexibility index (Phi) is 6.23. The van der Waals surface area contributed by atoms with E-state index in [2.05, 4.69) is 26.0 Å². The van der Waals surface area contributed by atoms with Gasteiger partial charge in [-0.15, -0.1) is 0 Å². The molecule has 20 heavy (non-hydrogen) atoms. The summed E-state index contributed by atoms with van der Waals surface area (Å²) in [5.74, 6) is 0.0859. The number of hydrogen-bond acceptors (Lipinski definition) is 1. The topological polar surface area (TPSA) is 43.1 Å². The molecule has 1 unspecified atom stereocenters. The molecule has 0 aliphatic rings. The first kappa shape index (κ1) is 16.2. The maximum absolute atomic E-state index is 11.6. The van der Waals surface area contributed by atoms with E-state index in [1.54, 1.807) is 0 Å². The van der Waals surface area contributed by atoms with Gasteiger partial charge in [0.2, 0.25) is 5.91 Å². The zero-order valence-electron chi connectivity index (χ0n) is 12.9. The highest BCUT2D eigenvalue weighted by atomic mass is 16.1. The van der Waals surface area contributed by atoms with Crippen LogP contribution in [0.1, 0.15) is 39.7 Å². The third kappa shape index (κ3) is 4.69. The highest BCUT2D eigenvalue weighted by Gasteiger charge is 2.11. The van der Waals surface area contributed by atoms with Gasteiger partial charge in [-0.1, -0.05) is 55.3 Å². The van der Waals surface area contributed by atoms with Crippen molar-refractivity contribution < 1.29 is 4.79 Å². The Morgan fingerprint density at radius 2 is 1.85 bits per heavy atom. The molecule has 0 heterocycles. The van der Waals surface area contributed by atoms with E-state index in [1.807, 2.05) is 38.1 Å². The van der Waals surface area contributed by atoms with Gasteiger partial charge >= 0.3 is 0 Å². The van der Waals surface area contributed by atoms with E-state index in [0.717, 1.165) is 18.4 Å². The van der Waals surface area contributed by atoms with Crippen LogP contribution < -0.4 is 5.73 Å². The number of benzene rings is 1. The molecule has 1 rings (SSSR count). The van der Waals surface area contributed by atoms with E-state index >= 15 is 0 Å². The summed E-state index contributed by atoms with van der Waals surface area (Å²) in [4.78, 5) is 11.6. The Bertz CT molecular complexity index is 507. The van der Waals surface area contributed by atoms with E-state index in [-0.39, 0.29) is 5.91 Å². The average molecular weight is 271 g/mol. The van der Waals surface area contributed by atoms with E-state index in [0.29, 0.717) is 11.5 Å². The number of nitrogens with two attached hydrogens (primary N) is 1. The smallest absolute Gasteiger partial charge is 0.248 e. The standard InChI is InChI=1S/C18H25NO/c1-5-14(4)16(11-15-9-7-6-8-10-15)12-17(13(2)3)18(19)20/h6-10,12,14H,5,11H2,1-4H3,(H2,19,20)/b16-12-. The van der Waals surface area contributed by atoms with Crippen molar-refractivity contribution in [3.05, 3.63) is 58.7 Å². The Labute approximate surface area is 122 Å². The summed E-state index contributed by atoms with van der Waals surface area (Å²) in [5, 5.41) is 0. The van der Waals surface area contributed by atoms with Crippen molar-refractivity contribution in [3.63, 3.8) is 0 Å². The Morgan fingerprint density at radius 1 is 1.25 bits per heavy atom. The zero-order chi connectivity index (χ0) is 15.1. The fourth-order valence-electron chi connectivity index (χ4n) is 2.11. The third-order valence-electron chi connectivity index (χ3n) is 3.63. The normalized spacial score (nSPS) is 12.9. The lowest BCUT2D eigenvalue weighted by atomic mass is 9.90. The van der Waals surface area contributed by atoms with Crippen LogP contribution in [0, 0.1) is 5.92 Å². The molecule has 0 aliphatic heterocycles. The molecule has 108 valence electrons. The number of primary amides is 1. The van der Waals surface area contributed by atoms with Gasteiger partial charge in [0.25, 0.3) is 0 Å². The molecule has 0 bridgehead atoms. The first-order chi connectivity index (χ1) is 9.45. The second kappa shape index (κ2) is 7.68. The second-order valence-corrected chi connectivity index (χ2v) is 5.47. The molecule has 1 aromatic rings. The molecule has 0 spiro atoms. The van der Waals surface area contributed by atoms with Crippen molar-refractivity contribution in [2.24, 2.45) is 11.7 Å². The van der Waals surface area contributed by atoms with Gasteiger partial charge in [0.15, 0.2) is 0 Å². The number of carbonyl (C=O) groups is 1. The fraction of sp³-hybridized carbons (Fsp3) is 0.389. The van der Waals surface area contributed by atoms with Crippen LogP contribution in [0.2, 0.25) is 0 Å². The van der Waals surface area contributed by atoms with Crippen molar-refractivity contribution in [1.82, 2.24) is 0 Å². The first-order valence-electron chi connectivity index (χ1n) is 7.17. The third-order valence-corrected chi connectivity index (χ3v) is 3.63. The quantitative estimate of drug-likeness (QED) is 0.616. The van der Waals surface area contributed by atoms with Crippen molar-refractivity contribution in [1.29, 1.82) is 0 Å². The van der Waals surface area contributed by atoms with Crippen molar-refractivity contribution in [2.75, 3.05) is 0 Å². The highest BCUT2D eigenvalue weighted by molar-refractivity contribution is 5.95. The van der Waals surface area contributed by atoms with Gasteiger partial charge in [-0.05, 0) is 44.2 Å². The lowest BCUT2D eigenvalue weighted by molar-refractivity contribution is -0.114. The molecular weight excluding hydrogens is 246 g/mol. The number of amides is 1. The lowest BCUT2D eigenvalue weighted by Gasteiger charge is -2.15. The molecule has 0 radical (unpaired) electrons. The number of carbonyl (C=O) groups excluding carboxylic acids is 1. The summed E-state index contributed by atoms with van der Waals surface area (Å²) < 4.78 is 0. The number of rotatable bonds is 6. The summed E-state index contributed by atoms with van der Waals surface area (Å²) in [5.41, 5.74) is 9.60. The van der Waals surface area contributed by atoms with Crippen LogP contribution in [-0.4, -0.2) is 5.91 Å². The molecule has 2 nitrogen and oxygen atoms in total. The molecule has 0 saturated carbocycles. The highest BCUT2D eigenvalue weighted by Crippen LogP contribution is 2.22. The molecular formula is C18H25NO. The van der Waals surface area contributed by atoms with Crippen LogP contribution in [0.4, 0.5) is 0 Å². The van der Waals surface area contributed by atoms with Gasteiger partial charge in [-0.2, -0.15) is 0 Å². The molecule has 1 amide bonds. The Morgan fingerprint density at radius 3 is 2.30 bits per heavy atom. The first-order valence-corrected chi connectivity index (χ1v) is 7.17. The number of allylic oxidation sites excluding steroid dienone is 2. The Balaban J connectivity index is 3.13. The van der Waals surface area contributed by atoms with Crippen molar-refractivity contribution in [2.45, 2.75) is 40.5 Å². The molecule has 2 N–H and O–H groups in total. The van der Waals surface area contributed by atoms with Crippen LogP contribution in [0.25, 0.3) is 0 Å². The van der Waals surface area contributed by atoms with E-state index in [4.69, 9.17) is 5.73 Å². The maximum atomic E-state index is 11.6. The second-order valence-electron chi connectivity index (χ2n) is 5.47. The SMILES string of the molecule is CCC(C)/C(=C\C(C(N)=O)=C(C)C)Cc1ccccc1. The molecule has 0 fully saturated rings. The maximum Gasteiger partial charge on any atom is 0.248 e. The van der Waals surface area contributed by atoms with Crippen LogP contribution >= 0.6 is 0 Å². The Hall–Kier alpha value is -1.83. The molecule has 1 atom stereocenters. The van der Waals surface area contributed by atoms with E-state index < -0.39 is 0 Å². The van der Waals surface area contributed by atoms with Gasteiger partial charge in [0.1, 0.15) is 0 Å². The van der Waals surface area contributed by atoms with E-state index in [9.17, 15) is 4.79 Å². The average Bonchev–Trinajstić information content (AvgIpc) is 2.42. The minimum absolute atomic E-state index is 0.348. The lowest BCUT2D eigenvalue weighted by Crippen LogP contribution is -2.15. The summed E-state index contributed by atoms with van der Waals surface area (Å²) in [6.45, 7) is 8.20. The molecule has 1 aromatic carbocycles. The van der Waals surface area contributed by atoms with E-state index in [1.165, 1.54) is 11.1 Å². The van der Waals surface area contributed by atoms with Crippen LogP contribution in [0.3, 0.4) is 0 Å². The van der Waals surface area contributed by atoms with Crippen LogP contribution in [-0.2, 0) is 11.2 Å². The minimum Gasteiger partial charge on any atom is -0.366 e. The van der Waals surface area contributed by atoms with Gasteiger partial charge < -0.3 is 5.73 Å². The summed E-state index contributed by atoms with van der Waals surface area (Å²) in [6, 6.07) is 10.3. The van der Waals surface area contributed by atoms with Crippen molar-refractivity contribution >= 4 is 5.91 Å². The molecule has 2 heteroatoms. The van der Waals surface area contributed by atoms with Gasteiger partial charge in [0.05, 0.1) is 0 Å². The van der Waals surface area contributed by atoms with Crippen LogP contribution in [0.5, 0.6) is 0 Å². The van der Waals surface area contributed by atoms with Gasteiger partial charge in [0, 0.05) is 5.57 Å². The zero-order valence-corrected chi connectivity index (χ0v) is 12.9. The predicted molar refractivity (Wildman–Crippen MR) is 85.3 cm³/mol. The summed E-state index contributed by atoms with van der Waals surface area (Å²) in [7, 11) is 0. The summed E-state index contributed by atoms with van der Waals surface area (Å²) in [6.07, 6.45) is 3.90. The minimum atomic E-state index is -0.348. The van der Waals surface area contributed by atoms with Gasteiger partial charge in [-0.25, -0.2) is 0 Å². The molecule has 0 aliphatic carbocycles. The monoisotopic (exact) mass is 271 g/mol. The molecule has 0 saturated heterocycles. The van der Waals surface area contributed by atoms with Crippen LogP contribution in [0.15, 0.2) is 53.1 Å². The summed E-state index contributed by atoms with van der Waals surface area (Å²) >= 11 is 0.